The van der Waals surface area contributed by atoms with Crippen molar-refractivity contribution in [2.45, 2.75) is 26.4 Å². The van der Waals surface area contributed by atoms with Crippen LogP contribution >= 0.6 is 0 Å². The molecule has 1 aromatic heterocycles. The Morgan fingerprint density at radius 1 is 1.29 bits per heavy atom. The normalized spacial score (nSPS) is 14.2. The van der Waals surface area contributed by atoms with Crippen LogP contribution < -0.4 is 10.6 Å². The Kier molecular flexibility index (Phi) is 4.65. The number of nitrogens with one attached hydrogen (secondary N) is 2. The summed E-state index contributed by atoms with van der Waals surface area (Å²) in [6.07, 6.45) is 0. The highest BCUT2D eigenvalue weighted by Gasteiger charge is 2.18. The van der Waals surface area contributed by atoms with Gasteiger partial charge in [-0.15, -0.1) is 0 Å². The minimum atomic E-state index is -1.16. The van der Waals surface area contributed by atoms with Crippen LogP contribution in [-0.4, -0.2) is 45.5 Å². The molecule has 1 rings (SSSR count). The molecular weight excluding hydrogens is 220 g/mol. The molecule has 1 aromatic rings. The average molecular weight is 240 g/mol. The molecule has 0 aliphatic rings. The number of aromatic nitrogens is 2. The lowest BCUT2D eigenvalue weighted by atomic mass is 10.1. The summed E-state index contributed by atoms with van der Waals surface area (Å²) in [7, 11) is 0. The van der Waals surface area contributed by atoms with E-state index in [1.807, 2.05) is 6.92 Å². The molecular formula is C11H20N4O2. The van der Waals surface area contributed by atoms with Crippen LogP contribution in [0.3, 0.4) is 0 Å². The summed E-state index contributed by atoms with van der Waals surface area (Å²) in [4.78, 5) is 8.41. The van der Waals surface area contributed by atoms with Gasteiger partial charge in [0.15, 0.2) is 0 Å². The molecule has 4 N–H and O–H groups in total. The molecule has 0 saturated carbocycles. The van der Waals surface area contributed by atoms with Gasteiger partial charge in [-0.05, 0) is 20.8 Å². The highest BCUT2D eigenvalue weighted by Crippen LogP contribution is 2.12. The van der Waals surface area contributed by atoms with Gasteiger partial charge in [0.2, 0.25) is 0 Å². The predicted molar refractivity (Wildman–Crippen MR) is 67.1 cm³/mol. The van der Waals surface area contributed by atoms with Crippen LogP contribution in [0.15, 0.2) is 6.07 Å². The number of hydrogen-bond acceptors (Lipinski definition) is 6. The SMILES string of the molecule is CCNc1cc(NCC(C)(O)CO)nc(C)n1. The molecule has 0 radical (unpaired) electrons. The first-order chi connectivity index (χ1) is 7.96. The first-order valence-corrected chi connectivity index (χ1v) is 5.63. The van der Waals surface area contributed by atoms with E-state index in [-0.39, 0.29) is 13.2 Å². The largest absolute Gasteiger partial charge is 0.393 e. The van der Waals surface area contributed by atoms with Gasteiger partial charge in [-0.3, -0.25) is 0 Å². The van der Waals surface area contributed by atoms with Crippen LogP contribution in [0, 0.1) is 6.92 Å². The van der Waals surface area contributed by atoms with Crippen LogP contribution in [0.1, 0.15) is 19.7 Å². The molecule has 0 fully saturated rings. The fourth-order valence-electron chi connectivity index (χ4n) is 1.27. The summed E-state index contributed by atoms with van der Waals surface area (Å²) in [6.45, 7) is 6.05. The van der Waals surface area contributed by atoms with Crippen molar-refractivity contribution >= 4 is 11.6 Å². The minimum Gasteiger partial charge on any atom is -0.393 e. The molecule has 1 unspecified atom stereocenters. The van der Waals surface area contributed by atoms with Crippen molar-refractivity contribution < 1.29 is 10.2 Å². The van der Waals surface area contributed by atoms with E-state index < -0.39 is 5.60 Å². The van der Waals surface area contributed by atoms with E-state index in [2.05, 4.69) is 20.6 Å². The van der Waals surface area contributed by atoms with Crippen molar-refractivity contribution in [3.05, 3.63) is 11.9 Å². The van der Waals surface area contributed by atoms with Crippen molar-refractivity contribution in [1.29, 1.82) is 0 Å². The van der Waals surface area contributed by atoms with Gasteiger partial charge in [0.1, 0.15) is 23.1 Å². The lowest BCUT2D eigenvalue weighted by molar-refractivity contribution is 0.0131. The summed E-state index contributed by atoms with van der Waals surface area (Å²) in [5, 5.41) is 24.7. The highest BCUT2D eigenvalue weighted by molar-refractivity contribution is 5.47. The predicted octanol–water partition coefficient (Wildman–Crippen LogP) is 0.372. The van der Waals surface area contributed by atoms with E-state index in [1.54, 1.807) is 19.9 Å². The molecule has 96 valence electrons. The van der Waals surface area contributed by atoms with Gasteiger partial charge in [-0.2, -0.15) is 0 Å². The first kappa shape index (κ1) is 13.7. The molecule has 6 heteroatoms. The third-order valence-corrected chi connectivity index (χ3v) is 2.19. The maximum atomic E-state index is 9.65. The Hall–Kier alpha value is -1.40. The van der Waals surface area contributed by atoms with Gasteiger partial charge in [0.05, 0.1) is 6.61 Å². The zero-order chi connectivity index (χ0) is 12.9. The molecule has 6 nitrogen and oxygen atoms in total. The molecule has 0 spiro atoms. The lowest BCUT2D eigenvalue weighted by Crippen LogP contribution is -2.37. The molecule has 0 aliphatic heterocycles. The van der Waals surface area contributed by atoms with Crippen molar-refractivity contribution in [3.8, 4) is 0 Å². The Morgan fingerprint density at radius 2 is 1.88 bits per heavy atom. The fourth-order valence-corrected chi connectivity index (χ4v) is 1.27. The van der Waals surface area contributed by atoms with Gasteiger partial charge in [0.25, 0.3) is 0 Å². The fraction of sp³-hybridized carbons (Fsp3) is 0.636. The standard InChI is InChI=1S/C11H20N4O2/c1-4-12-9-5-10(15-8(2)14-9)13-6-11(3,17)7-16/h5,16-17H,4,6-7H2,1-3H3,(H2,12,13,14,15). The maximum Gasteiger partial charge on any atom is 0.131 e. The lowest BCUT2D eigenvalue weighted by Gasteiger charge is -2.21. The summed E-state index contributed by atoms with van der Waals surface area (Å²) >= 11 is 0. The quantitative estimate of drug-likeness (QED) is 0.574. The maximum absolute atomic E-state index is 9.65. The molecule has 1 heterocycles. The molecule has 17 heavy (non-hydrogen) atoms. The molecule has 0 aromatic carbocycles. The summed E-state index contributed by atoms with van der Waals surface area (Å²) in [5.41, 5.74) is -1.16. The van der Waals surface area contributed by atoms with E-state index in [9.17, 15) is 5.11 Å². The van der Waals surface area contributed by atoms with Crippen LogP contribution in [0.5, 0.6) is 0 Å². The first-order valence-electron chi connectivity index (χ1n) is 5.63. The number of aryl methyl sites for hydroxylation is 1. The van der Waals surface area contributed by atoms with Crippen molar-refractivity contribution in [2.24, 2.45) is 0 Å². The van der Waals surface area contributed by atoms with Gasteiger partial charge < -0.3 is 20.8 Å². The number of aliphatic hydroxyl groups excluding tert-OH is 1. The Labute approximate surface area is 101 Å². The topological polar surface area (TPSA) is 90.3 Å². The van der Waals surface area contributed by atoms with Crippen LogP contribution in [0.25, 0.3) is 0 Å². The van der Waals surface area contributed by atoms with Gasteiger partial charge in [-0.1, -0.05) is 0 Å². The van der Waals surface area contributed by atoms with Gasteiger partial charge in [-0.25, -0.2) is 9.97 Å². The van der Waals surface area contributed by atoms with E-state index in [4.69, 9.17) is 5.11 Å². The number of aliphatic hydroxyl groups is 2. The molecule has 1 atom stereocenters. The minimum absolute atomic E-state index is 0.228. The van der Waals surface area contributed by atoms with E-state index >= 15 is 0 Å². The summed E-state index contributed by atoms with van der Waals surface area (Å²) in [5.74, 6) is 2.02. The Bertz CT molecular complexity index is 368. The number of hydrogen-bond donors (Lipinski definition) is 4. The average Bonchev–Trinajstić information content (AvgIpc) is 2.26. The number of anilines is 2. The van der Waals surface area contributed by atoms with E-state index in [0.717, 1.165) is 12.4 Å². The van der Waals surface area contributed by atoms with Gasteiger partial charge in [0, 0.05) is 19.2 Å². The van der Waals surface area contributed by atoms with Crippen LogP contribution in [0.4, 0.5) is 11.6 Å². The van der Waals surface area contributed by atoms with Crippen molar-refractivity contribution in [3.63, 3.8) is 0 Å². The second kappa shape index (κ2) is 5.79. The van der Waals surface area contributed by atoms with Crippen molar-refractivity contribution in [2.75, 3.05) is 30.3 Å². The van der Waals surface area contributed by atoms with Crippen LogP contribution in [0.2, 0.25) is 0 Å². The third-order valence-electron chi connectivity index (χ3n) is 2.19. The Balaban J connectivity index is 2.70. The zero-order valence-corrected chi connectivity index (χ0v) is 10.5. The van der Waals surface area contributed by atoms with Crippen LogP contribution in [-0.2, 0) is 0 Å². The molecule has 0 aliphatic carbocycles. The molecule has 0 amide bonds. The monoisotopic (exact) mass is 240 g/mol. The Morgan fingerprint density at radius 3 is 2.41 bits per heavy atom. The second-order valence-corrected chi connectivity index (χ2v) is 4.22. The number of nitrogens with zero attached hydrogens (tertiary/aromatic N) is 2. The van der Waals surface area contributed by atoms with E-state index in [0.29, 0.717) is 11.6 Å². The molecule has 0 bridgehead atoms. The zero-order valence-electron chi connectivity index (χ0n) is 10.5. The smallest absolute Gasteiger partial charge is 0.131 e. The third kappa shape index (κ3) is 4.54. The summed E-state index contributed by atoms with van der Waals surface area (Å²) in [6, 6.07) is 1.77. The highest BCUT2D eigenvalue weighted by atomic mass is 16.3. The number of rotatable bonds is 6. The van der Waals surface area contributed by atoms with Crippen molar-refractivity contribution in [1.82, 2.24) is 9.97 Å². The second-order valence-electron chi connectivity index (χ2n) is 4.22. The van der Waals surface area contributed by atoms with E-state index in [1.165, 1.54) is 0 Å². The van der Waals surface area contributed by atoms with Gasteiger partial charge >= 0.3 is 0 Å². The molecule has 0 saturated heterocycles. The summed E-state index contributed by atoms with van der Waals surface area (Å²) < 4.78 is 0.